The van der Waals surface area contributed by atoms with E-state index in [0.717, 1.165) is 26.9 Å². The Morgan fingerprint density at radius 3 is 2.79 bits per heavy atom. The van der Waals surface area contributed by atoms with Gasteiger partial charge in [0.2, 0.25) is 5.91 Å². The molecule has 1 atom stereocenters. The fourth-order valence-corrected chi connectivity index (χ4v) is 3.65. The van der Waals surface area contributed by atoms with Crippen molar-refractivity contribution in [1.29, 1.82) is 0 Å². The molecule has 0 radical (unpaired) electrons. The monoisotopic (exact) mass is 410 g/mol. The molecule has 0 aliphatic carbocycles. The smallest absolute Gasteiger partial charge is 0.325 e. The molecule has 2 aromatic carbocycles. The lowest BCUT2D eigenvalue weighted by Crippen LogP contribution is -2.41. The third kappa shape index (κ3) is 4.09. The highest BCUT2D eigenvalue weighted by molar-refractivity contribution is 6.30. The molecule has 1 saturated heterocycles. The predicted octanol–water partition coefficient (Wildman–Crippen LogP) is 2.60. The Labute approximate surface area is 172 Å². The van der Waals surface area contributed by atoms with E-state index in [1.165, 1.54) is 0 Å². The summed E-state index contributed by atoms with van der Waals surface area (Å²) in [6.45, 7) is -0.0581. The third-order valence-electron chi connectivity index (χ3n) is 4.89. The second-order valence-electron chi connectivity index (χ2n) is 6.90. The van der Waals surface area contributed by atoms with Gasteiger partial charge < -0.3 is 15.6 Å². The van der Waals surface area contributed by atoms with Crippen LogP contribution in [0.15, 0.2) is 54.7 Å². The lowest BCUT2D eigenvalue weighted by molar-refractivity contribution is -0.132. The molecule has 1 aliphatic rings. The first kappa shape index (κ1) is 19.0. The molecule has 0 bridgehead atoms. The summed E-state index contributed by atoms with van der Waals surface area (Å²) in [4.78, 5) is 41.2. The molecule has 4 amide bonds. The van der Waals surface area contributed by atoms with E-state index in [2.05, 4.69) is 15.6 Å². The van der Waals surface area contributed by atoms with Gasteiger partial charge in [0.1, 0.15) is 12.6 Å². The van der Waals surface area contributed by atoms with E-state index >= 15 is 0 Å². The van der Waals surface area contributed by atoms with Crippen molar-refractivity contribution in [2.45, 2.75) is 19.0 Å². The van der Waals surface area contributed by atoms with Crippen LogP contribution in [0, 0.1) is 0 Å². The van der Waals surface area contributed by atoms with Crippen molar-refractivity contribution in [3.05, 3.63) is 70.9 Å². The summed E-state index contributed by atoms with van der Waals surface area (Å²) in [5.41, 5.74) is 2.74. The maximum absolute atomic E-state index is 12.7. The van der Waals surface area contributed by atoms with Gasteiger partial charge in [-0.3, -0.25) is 14.5 Å². The van der Waals surface area contributed by atoms with Crippen molar-refractivity contribution in [2.24, 2.45) is 0 Å². The van der Waals surface area contributed by atoms with Gasteiger partial charge in [0, 0.05) is 35.1 Å². The van der Waals surface area contributed by atoms with Crippen LogP contribution in [-0.2, 0) is 22.6 Å². The minimum absolute atomic E-state index is 0.266. The first-order chi connectivity index (χ1) is 14.0. The van der Waals surface area contributed by atoms with Crippen molar-refractivity contribution >= 4 is 40.3 Å². The van der Waals surface area contributed by atoms with Crippen LogP contribution < -0.4 is 10.6 Å². The van der Waals surface area contributed by atoms with Crippen LogP contribution in [0.3, 0.4) is 0 Å². The first-order valence-electron chi connectivity index (χ1n) is 9.19. The van der Waals surface area contributed by atoms with E-state index in [9.17, 15) is 14.4 Å². The van der Waals surface area contributed by atoms with Crippen LogP contribution in [-0.4, -0.2) is 40.3 Å². The third-order valence-corrected chi connectivity index (χ3v) is 5.12. The van der Waals surface area contributed by atoms with Gasteiger partial charge in [0.15, 0.2) is 0 Å². The molecule has 1 aromatic heterocycles. The molecule has 148 valence electrons. The molecule has 0 unspecified atom stereocenters. The number of aromatic nitrogens is 1. The number of para-hydroxylation sites is 1. The van der Waals surface area contributed by atoms with E-state index in [0.29, 0.717) is 11.4 Å². The zero-order valence-corrected chi connectivity index (χ0v) is 16.2. The van der Waals surface area contributed by atoms with Gasteiger partial charge in [-0.2, -0.15) is 0 Å². The van der Waals surface area contributed by atoms with Crippen LogP contribution in [0.25, 0.3) is 10.9 Å². The highest BCUT2D eigenvalue weighted by Gasteiger charge is 2.39. The lowest BCUT2D eigenvalue weighted by Gasteiger charge is -2.13. The topological polar surface area (TPSA) is 94.3 Å². The van der Waals surface area contributed by atoms with E-state index in [1.807, 2.05) is 36.5 Å². The molecular weight excluding hydrogens is 392 g/mol. The first-order valence-corrected chi connectivity index (χ1v) is 9.57. The number of rotatable bonds is 6. The molecule has 1 aliphatic heterocycles. The molecular formula is C21H19ClN4O3. The van der Waals surface area contributed by atoms with Crippen LogP contribution >= 0.6 is 11.6 Å². The molecule has 2 heterocycles. The number of aromatic amines is 1. The SMILES string of the molecule is O=C(CN1C(=O)N[C@H](Cc2c[nH]c3ccccc23)C1=O)NCc1cccc(Cl)c1. The number of fused-ring (bicyclic) bond motifs is 1. The fourth-order valence-electron chi connectivity index (χ4n) is 3.43. The van der Waals surface area contributed by atoms with Gasteiger partial charge in [-0.25, -0.2) is 4.79 Å². The molecule has 8 heteroatoms. The Bertz CT molecular complexity index is 1090. The van der Waals surface area contributed by atoms with E-state index in [1.54, 1.807) is 18.2 Å². The number of hydrogen-bond donors (Lipinski definition) is 3. The molecule has 1 fully saturated rings. The second kappa shape index (κ2) is 7.97. The summed E-state index contributed by atoms with van der Waals surface area (Å²) in [5.74, 6) is -0.820. The Kier molecular flexibility index (Phi) is 5.22. The Morgan fingerprint density at radius 1 is 1.14 bits per heavy atom. The normalized spacial score (nSPS) is 16.3. The molecule has 4 rings (SSSR count). The Hall–Kier alpha value is -3.32. The molecule has 0 spiro atoms. The molecule has 7 nitrogen and oxygen atoms in total. The summed E-state index contributed by atoms with van der Waals surface area (Å²) >= 11 is 5.93. The number of urea groups is 1. The summed E-state index contributed by atoms with van der Waals surface area (Å²) in [7, 11) is 0. The summed E-state index contributed by atoms with van der Waals surface area (Å²) in [6.07, 6.45) is 2.19. The standard InChI is InChI=1S/C21H19ClN4O3/c22-15-5-3-4-13(8-15)10-24-19(27)12-26-20(28)18(25-21(26)29)9-14-11-23-17-7-2-1-6-16(14)17/h1-8,11,18,23H,9-10,12H2,(H,24,27)(H,25,29)/t18-/m1/s1. The van der Waals surface area contributed by atoms with Crippen molar-refractivity contribution in [3.8, 4) is 0 Å². The van der Waals surface area contributed by atoms with Gasteiger partial charge in [-0.15, -0.1) is 0 Å². The van der Waals surface area contributed by atoms with Crippen molar-refractivity contribution in [1.82, 2.24) is 20.5 Å². The van der Waals surface area contributed by atoms with Crippen LogP contribution in [0.1, 0.15) is 11.1 Å². The van der Waals surface area contributed by atoms with Crippen LogP contribution in [0.5, 0.6) is 0 Å². The Morgan fingerprint density at radius 2 is 1.97 bits per heavy atom. The minimum atomic E-state index is -0.692. The predicted molar refractivity (Wildman–Crippen MR) is 109 cm³/mol. The summed E-state index contributed by atoms with van der Waals surface area (Å²) < 4.78 is 0. The quantitative estimate of drug-likeness (QED) is 0.545. The van der Waals surface area contributed by atoms with Crippen LogP contribution in [0.4, 0.5) is 4.79 Å². The van der Waals surface area contributed by atoms with Gasteiger partial charge in [0.25, 0.3) is 5.91 Å². The average Bonchev–Trinajstić information content (AvgIpc) is 3.23. The summed E-state index contributed by atoms with van der Waals surface area (Å²) in [5, 5.41) is 6.95. The number of nitrogens with zero attached hydrogens (tertiary/aromatic N) is 1. The van der Waals surface area contributed by atoms with Crippen LogP contribution in [0.2, 0.25) is 5.02 Å². The van der Waals surface area contributed by atoms with Crippen molar-refractivity contribution < 1.29 is 14.4 Å². The van der Waals surface area contributed by atoms with E-state index in [4.69, 9.17) is 11.6 Å². The van der Waals surface area contributed by atoms with Crippen molar-refractivity contribution in [3.63, 3.8) is 0 Å². The molecule has 29 heavy (non-hydrogen) atoms. The maximum Gasteiger partial charge on any atom is 0.325 e. The maximum atomic E-state index is 12.7. The Balaban J connectivity index is 1.37. The van der Waals surface area contributed by atoms with Gasteiger partial charge in [-0.05, 0) is 29.3 Å². The number of amides is 4. The molecule has 3 N–H and O–H groups in total. The van der Waals surface area contributed by atoms with Gasteiger partial charge in [0.05, 0.1) is 0 Å². The average molecular weight is 411 g/mol. The van der Waals surface area contributed by atoms with Crippen molar-refractivity contribution in [2.75, 3.05) is 6.54 Å². The number of H-pyrrole nitrogens is 1. The number of benzene rings is 2. The number of carbonyl (C=O) groups is 3. The van der Waals surface area contributed by atoms with E-state index in [-0.39, 0.29) is 13.1 Å². The number of nitrogens with one attached hydrogen (secondary N) is 3. The summed E-state index contributed by atoms with van der Waals surface area (Å²) in [6, 6.07) is 13.6. The molecule has 3 aromatic rings. The fraction of sp³-hybridized carbons (Fsp3) is 0.190. The zero-order chi connectivity index (χ0) is 20.4. The highest BCUT2D eigenvalue weighted by atomic mass is 35.5. The number of halogens is 1. The van der Waals surface area contributed by atoms with Gasteiger partial charge >= 0.3 is 6.03 Å². The largest absolute Gasteiger partial charge is 0.361 e. The number of imide groups is 1. The number of hydrogen-bond acceptors (Lipinski definition) is 3. The highest BCUT2D eigenvalue weighted by Crippen LogP contribution is 2.21. The number of carbonyl (C=O) groups excluding carboxylic acids is 3. The second-order valence-corrected chi connectivity index (χ2v) is 7.33. The minimum Gasteiger partial charge on any atom is -0.361 e. The van der Waals surface area contributed by atoms with E-state index < -0.39 is 23.9 Å². The lowest BCUT2D eigenvalue weighted by atomic mass is 10.1. The van der Waals surface area contributed by atoms with Gasteiger partial charge in [-0.1, -0.05) is 41.9 Å². The zero-order valence-electron chi connectivity index (χ0n) is 15.4. The molecule has 0 saturated carbocycles.